The number of pyridine rings is 1. The van der Waals surface area contributed by atoms with E-state index in [-0.39, 0.29) is 17.9 Å². The molecule has 2 heterocycles. The number of carbonyl (C=O) groups excluding carboxylic acids is 1. The van der Waals surface area contributed by atoms with E-state index in [4.69, 9.17) is 0 Å². The van der Waals surface area contributed by atoms with Crippen molar-refractivity contribution in [1.82, 2.24) is 19.9 Å². The van der Waals surface area contributed by atoms with Crippen molar-refractivity contribution in [2.24, 2.45) is 0 Å². The summed E-state index contributed by atoms with van der Waals surface area (Å²) in [5.41, 5.74) is 4.17. The van der Waals surface area contributed by atoms with Gasteiger partial charge in [-0.15, -0.1) is 0 Å². The monoisotopic (exact) mass is 390 g/mol. The highest BCUT2D eigenvalue weighted by Crippen LogP contribution is 2.14. The average Bonchev–Trinajstić information content (AvgIpc) is 2.74. The number of benzene rings is 1. The van der Waals surface area contributed by atoms with Crippen LogP contribution in [0.15, 0.2) is 53.6 Å². The number of amides is 1. The van der Waals surface area contributed by atoms with Crippen molar-refractivity contribution in [3.05, 3.63) is 81.5 Å². The molecule has 0 aliphatic carbocycles. The van der Waals surface area contributed by atoms with Crippen LogP contribution in [-0.4, -0.2) is 32.8 Å². The molecule has 3 rings (SSSR count). The van der Waals surface area contributed by atoms with Gasteiger partial charge in [-0.1, -0.05) is 31.2 Å². The topological polar surface area (TPSA) is 79.0 Å². The molecular formula is C23H26N4O2. The molecule has 0 aliphatic heterocycles. The van der Waals surface area contributed by atoms with Crippen molar-refractivity contribution in [3.8, 4) is 11.4 Å². The first-order valence-electron chi connectivity index (χ1n) is 9.80. The summed E-state index contributed by atoms with van der Waals surface area (Å²) >= 11 is 0. The van der Waals surface area contributed by atoms with E-state index in [0.29, 0.717) is 30.0 Å². The lowest BCUT2D eigenvalue weighted by Crippen LogP contribution is -2.27. The molecular weight excluding hydrogens is 364 g/mol. The van der Waals surface area contributed by atoms with E-state index in [1.165, 1.54) is 5.56 Å². The fourth-order valence-electron chi connectivity index (χ4n) is 3.22. The number of nitrogens with zero attached hydrogens (tertiary/aromatic N) is 3. The van der Waals surface area contributed by atoms with Gasteiger partial charge in [0, 0.05) is 49.2 Å². The van der Waals surface area contributed by atoms with E-state index in [0.717, 1.165) is 17.5 Å². The molecule has 1 aromatic carbocycles. The third-order valence-electron chi connectivity index (χ3n) is 5.04. The van der Waals surface area contributed by atoms with Crippen LogP contribution in [0.1, 0.15) is 35.7 Å². The molecule has 0 radical (unpaired) electrons. The van der Waals surface area contributed by atoms with Crippen LogP contribution in [-0.2, 0) is 24.2 Å². The van der Waals surface area contributed by atoms with Gasteiger partial charge in [-0.05, 0) is 43.0 Å². The molecule has 2 aromatic heterocycles. The zero-order valence-electron chi connectivity index (χ0n) is 17.1. The molecule has 0 fully saturated rings. The Morgan fingerprint density at radius 3 is 2.34 bits per heavy atom. The van der Waals surface area contributed by atoms with Gasteiger partial charge in [0.25, 0.3) is 5.56 Å². The van der Waals surface area contributed by atoms with Crippen LogP contribution in [0.2, 0.25) is 0 Å². The van der Waals surface area contributed by atoms with E-state index in [9.17, 15) is 9.59 Å². The predicted molar refractivity (Wildman–Crippen MR) is 113 cm³/mol. The molecule has 29 heavy (non-hydrogen) atoms. The molecule has 6 heteroatoms. The summed E-state index contributed by atoms with van der Waals surface area (Å²) in [7, 11) is 1.79. The third kappa shape index (κ3) is 5.16. The van der Waals surface area contributed by atoms with E-state index in [1.807, 2.05) is 0 Å². The lowest BCUT2D eigenvalue weighted by atomic mass is 10.1. The molecule has 0 saturated heterocycles. The Morgan fingerprint density at radius 1 is 1.07 bits per heavy atom. The number of rotatable bonds is 7. The summed E-state index contributed by atoms with van der Waals surface area (Å²) in [5.74, 6) is 0.513. The molecule has 3 aromatic rings. The zero-order chi connectivity index (χ0) is 20.8. The fourth-order valence-corrected chi connectivity index (χ4v) is 3.22. The smallest absolute Gasteiger partial charge is 0.254 e. The van der Waals surface area contributed by atoms with Crippen LogP contribution in [0, 0.1) is 6.92 Å². The summed E-state index contributed by atoms with van der Waals surface area (Å²) in [4.78, 5) is 38.1. The minimum Gasteiger partial charge on any atom is -0.341 e. The molecule has 0 unspecified atom stereocenters. The van der Waals surface area contributed by atoms with Gasteiger partial charge in [-0.25, -0.2) is 4.98 Å². The van der Waals surface area contributed by atoms with E-state index in [1.54, 1.807) is 43.4 Å². The Morgan fingerprint density at radius 2 is 1.72 bits per heavy atom. The van der Waals surface area contributed by atoms with Crippen molar-refractivity contribution >= 4 is 5.91 Å². The highest BCUT2D eigenvalue weighted by atomic mass is 16.2. The molecule has 1 N–H and O–H groups in total. The number of carbonyl (C=O) groups is 1. The van der Waals surface area contributed by atoms with Gasteiger partial charge in [-0.2, -0.15) is 0 Å². The van der Waals surface area contributed by atoms with Gasteiger partial charge in [0.05, 0.1) is 0 Å². The molecule has 0 bridgehead atoms. The summed E-state index contributed by atoms with van der Waals surface area (Å²) in [5, 5.41) is 0. The van der Waals surface area contributed by atoms with Crippen LogP contribution >= 0.6 is 0 Å². The van der Waals surface area contributed by atoms with Crippen molar-refractivity contribution in [1.29, 1.82) is 0 Å². The summed E-state index contributed by atoms with van der Waals surface area (Å²) in [6.07, 6.45) is 4.94. The third-order valence-corrected chi connectivity index (χ3v) is 5.04. The summed E-state index contributed by atoms with van der Waals surface area (Å²) in [6.45, 7) is 4.48. The van der Waals surface area contributed by atoms with Crippen LogP contribution in [0.25, 0.3) is 11.4 Å². The van der Waals surface area contributed by atoms with Crippen molar-refractivity contribution in [2.75, 3.05) is 7.05 Å². The second-order valence-corrected chi connectivity index (χ2v) is 7.13. The quantitative estimate of drug-likeness (QED) is 0.671. The van der Waals surface area contributed by atoms with Crippen molar-refractivity contribution in [2.45, 2.75) is 39.7 Å². The molecule has 0 atom stereocenters. The van der Waals surface area contributed by atoms with Gasteiger partial charge >= 0.3 is 0 Å². The summed E-state index contributed by atoms with van der Waals surface area (Å²) < 4.78 is 0. The van der Waals surface area contributed by atoms with Crippen molar-refractivity contribution < 1.29 is 4.79 Å². The maximum atomic E-state index is 12.5. The Hall–Kier alpha value is -3.28. The Balaban J connectivity index is 1.64. The number of aromatic amines is 1. The maximum Gasteiger partial charge on any atom is 0.254 e. The van der Waals surface area contributed by atoms with E-state index < -0.39 is 0 Å². The number of aryl methyl sites for hydroxylation is 2. The molecule has 0 spiro atoms. The van der Waals surface area contributed by atoms with Gasteiger partial charge in [0.2, 0.25) is 5.91 Å². The van der Waals surface area contributed by atoms with Gasteiger partial charge < -0.3 is 9.88 Å². The number of aromatic nitrogens is 3. The van der Waals surface area contributed by atoms with Crippen LogP contribution in [0.4, 0.5) is 0 Å². The SMILES string of the molecule is CCc1ccc(CN(C)C(=O)CCc2c(C)nc(-c3ccncc3)[nH]c2=O)cc1. The first-order valence-corrected chi connectivity index (χ1v) is 9.80. The Bertz CT molecular complexity index is 1030. The average molecular weight is 390 g/mol. The lowest BCUT2D eigenvalue weighted by Gasteiger charge is -2.17. The number of nitrogens with one attached hydrogen (secondary N) is 1. The van der Waals surface area contributed by atoms with Crippen LogP contribution < -0.4 is 5.56 Å². The molecule has 1 amide bonds. The normalized spacial score (nSPS) is 10.7. The Labute approximate surface area is 170 Å². The first kappa shape index (κ1) is 20.5. The highest BCUT2D eigenvalue weighted by Gasteiger charge is 2.14. The number of hydrogen-bond donors (Lipinski definition) is 1. The lowest BCUT2D eigenvalue weighted by molar-refractivity contribution is -0.130. The fraction of sp³-hybridized carbons (Fsp3) is 0.304. The van der Waals surface area contributed by atoms with Crippen molar-refractivity contribution in [3.63, 3.8) is 0 Å². The standard InChI is InChI=1S/C23H26N4O2/c1-4-17-5-7-18(8-6-17)15-27(3)21(28)10-9-20-16(2)25-22(26-23(20)29)19-11-13-24-14-12-19/h5-8,11-14H,4,9-10,15H2,1-3H3,(H,25,26,29). The minimum absolute atomic E-state index is 0.00146. The van der Waals surface area contributed by atoms with Gasteiger partial charge in [0.15, 0.2) is 0 Å². The van der Waals surface area contributed by atoms with Gasteiger partial charge in [0.1, 0.15) is 5.82 Å². The molecule has 0 saturated carbocycles. The molecule has 6 nitrogen and oxygen atoms in total. The first-order chi connectivity index (χ1) is 14.0. The van der Waals surface area contributed by atoms with E-state index >= 15 is 0 Å². The maximum absolute atomic E-state index is 12.5. The second-order valence-electron chi connectivity index (χ2n) is 7.13. The number of H-pyrrole nitrogens is 1. The molecule has 150 valence electrons. The van der Waals surface area contributed by atoms with Gasteiger partial charge in [-0.3, -0.25) is 14.6 Å². The predicted octanol–water partition coefficient (Wildman–Crippen LogP) is 3.29. The molecule has 0 aliphatic rings. The second kappa shape index (κ2) is 9.28. The highest BCUT2D eigenvalue weighted by molar-refractivity contribution is 5.76. The Kier molecular flexibility index (Phi) is 6.54. The van der Waals surface area contributed by atoms with E-state index in [2.05, 4.69) is 46.1 Å². The number of hydrogen-bond acceptors (Lipinski definition) is 4. The largest absolute Gasteiger partial charge is 0.341 e. The minimum atomic E-state index is -0.199. The van der Waals surface area contributed by atoms with Crippen LogP contribution in [0.5, 0.6) is 0 Å². The van der Waals surface area contributed by atoms with Crippen LogP contribution in [0.3, 0.4) is 0 Å². The summed E-state index contributed by atoms with van der Waals surface area (Å²) in [6, 6.07) is 11.9. The zero-order valence-corrected chi connectivity index (χ0v) is 17.1.